The molecule has 0 bridgehead atoms. The van der Waals surface area contributed by atoms with E-state index < -0.39 is 0 Å². The molecule has 0 aliphatic heterocycles. The maximum atomic E-state index is 9.43. The van der Waals surface area contributed by atoms with Crippen LogP contribution in [0.1, 0.15) is 12.5 Å². The van der Waals surface area contributed by atoms with Crippen LogP contribution in [0.5, 0.6) is 5.75 Å². The molecule has 0 amide bonds. The van der Waals surface area contributed by atoms with Gasteiger partial charge in [0.25, 0.3) is 0 Å². The zero-order valence-electron chi connectivity index (χ0n) is 12.9. The van der Waals surface area contributed by atoms with Crippen LogP contribution in [-0.2, 0) is 0 Å². The number of rotatable bonds is 4. The van der Waals surface area contributed by atoms with Crippen LogP contribution in [0.2, 0.25) is 0 Å². The van der Waals surface area contributed by atoms with Gasteiger partial charge in [-0.3, -0.25) is 0 Å². The van der Waals surface area contributed by atoms with Gasteiger partial charge in [0.15, 0.2) is 0 Å². The quantitative estimate of drug-likeness (QED) is 0.662. The Morgan fingerprint density at radius 1 is 1.29 bits per heavy atom. The highest BCUT2D eigenvalue weighted by molar-refractivity contribution is 9.10. The number of hydrogen-bond donors (Lipinski definition) is 1. The number of aromatic nitrogens is 1. The Bertz CT molecular complexity index is 913. The molecule has 24 heavy (non-hydrogen) atoms. The second-order valence-corrected chi connectivity index (χ2v) is 6.84. The van der Waals surface area contributed by atoms with Crippen molar-refractivity contribution >= 4 is 33.1 Å². The van der Waals surface area contributed by atoms with Crippen molar-refractivity contribution in [2.24, 2.45) is 0 Å². The summed E-state index contributed by atoms with van der Waals surface area (Å²) in [6, 6.07) is 13.7. The summed E-state index contributed by atoms with van der Waals surface area (Å²) in [5.41, 5.74) is 8.88. The first-order valence-corrected chi connectivity index (χ1v) is 8.98. The topological polar surface area (TPSA) is 71.9 Å². The molecule has 0 saturated heterocycles. The van der Waals surface area contributed by atoms with Crippen molar-refractivity contribution in [1.82, 2.24) is 4.98 Å². The molecule has 3 rings (SSSR count). The van der Waals surface area contributed by atoms with Crippen LogP contribution < -0.4 is 10.5 Å². The van der Waals surface area contributed by atoms with Crippen molar-refractivity contribution in [2.45, 2.75) is 6.92 Å². The van der Waals surface area contributed by atoms with Gasteiger partial charge < -0.3 is 10.5 Å². The van der Waals surface area contributed by atoms with Crippen LogP contribution in [0.4, 0.5) is 5.82 Å². The third-order valence-corrected chi connectivity index (χ3v) is 5.18. The molecule has 2 N–H and O–H groups in total. The fourth-order valence-corrected chi connectivity index (χ4v) is 3.82. The van der Waals surface area contributed by atoms with Crippen molar-refractivity contribution in [3.63, 3.8) is 0 Å². The Morgan fingerprint density at radius 3 is 2.62 bits per heavy atom. The third-order valence-electron chi connectivity index (χ3n) is 3.45. The van der Waals surface area contributed by atoms with Gasteiger partial charge in [-0.25, -0.2) is 4.98 Å². The molecule has 2 aromatic heterocycles. The van der Waals surface area contributed by atoms with E-state index in [0.717, 1.165) is 31.9 Å². The minimum absolute atomic E-state index is 0.239. The van der Waals surface area contributed by atoms with Crippen LogP contribution in [0, 0.1) is 11.3 Å². The number of anilines is 1. The average Bonchev–Trinajstić information content (AvgIpc) is 3.01. The van der Waals surface area contributed by atoms with Crippen molar-refractivity contribution < 1.29 is 4.74 Å². The summed E-state index contributed by atoms with van der Waals surface area (Å²) in [4.78, 5) is 5.36. The van der Waals surface area contributed by atoms with Gasteiger partial charge in [-0.05, 0) is 59.3 Å². The molecule has 0 spiro atoms. The maximum absolute atomic E-state index is 9.43. The molecule has 0 radical (unpaired) electrons. The van der Waals surface area contributed by atoms with Crippen molar-refractivity contribution in [2.75, 3.05) is 12.3 Å². The van der Waals surface area contributed by atoms with E-state index in [2.05, 4.69) is 27.0 Å². The number of pyridine rings is 1. The highest BCUT2D eigenvalue weighted by atomic mass is 79.9. The number of halogens is 1. The van der Waals surface area contributed by atoms with E-state index in [9.17, 15) is 5.26 Å². The Hall–Kier alpha value is -2.36. The van der Waals surface area contributed by atoms with Gasteiger partial charge in [0.05, 0.1) is 12.3 Å². The minimum atomic E-state index is 0.239. The molecule has 0 fully saturated rings. The van der Waals surface area contributed by atoms with Crippen molar-refractivity contribution in [3.05, 3.63) is 51.8 Å². The van der Waals surface area contributed by atoms with E-state index in [1.54, 1.807) is 11.3 Å². The monoisotopic (exact) mass is 399 g/mol. The van der Waals surface area contributed by atoms with E-state index in [1.807, 2.05) is 48.7 Å². The second-order valence-electron chi connectivity index (χ2n) is 5.01. The third kappa shape index (κ3) is 3.28. The molecular formula is C18H14BrN3OS. The van der Waals surface area contributed by atoms with Gasteiger partial charge in [0.2, 0.25) is 0 Å². The van der Waals surface area contributed by atoms with E-state index in [1.165, 1.54) is 0 Å². The zero-order valence-corrected chi connectivity index (χ0v) is 15.3. The Balaban J connectivity index is 2.09. The highest BCUT2D eigenvalue weighted by Crippen LogP contribution is 2.36. The van der Waals surface area contributed by atoms with Crippen molar-refractivity contribution in [1.29, 1.82) is 5.26 Å². The summed E-state index contributed by atoms with van der Waals surface area (Å²) in [6.07, 6.45) is 0. The summed E-state index contributed by atoms with van der Waals surface area (Å²) >= 11 is 5.00. The van der Waals surface area contributed by atoms with Crippen LogP contribution in [0.15, 0.2) is 46.3 Å². The molecule has 6 heteroatoms. The predicted octanol–water partition coefficient (Wildman–Crippen LogP) is 5.09. The molecule has 1 aromatic carbocycles. The van der Waals surface area contributed by atoms with E-state index in [4.69, 9.17) is 10.5 Å². The fraction of sp³-hybridized carbons (Fsp3) is 0.111. The van der Waals surface area contributed by atoms with Crippen LogP contribution in [0.3, 0.4) is 0 Å². The number of nitrogens with two attached hydrogens (primary N) is 1. The summed E-state index contributed by atoms with van der Waals surface area (Å²) in [6.45, 7) is 2.57. The molecule has 4 nitrogen and oxygen atoms in total. The largest absolute Gasteiger partial charge is 0.494 e. The number of nitrogen functional groups attached to an aromatic ring is 1. The lowest BCUT2D eigenvalue weighted by atomic mass is 10.0. The number of nitrogens with zero attached hydrogens (tertiary/aromatic N) is 2. The van der Waals surface area contributed by atoms with Gasteiger partial charge in [-0.2, -0.15) is 5.26 Å². The number of nitriles is 1. The lowest BCUT2D eigenvalue weighted by molar-refractivity contribution is 0.340. The number of hydrogen-bond acceptors (Lipinski definition) is 5. The summed E-state index contributed by atoms with van der Waals surface area (Å²) in [5, 5.41) is 11.4. The highest BCUT2D eigenvalue weighted by Gasteiger charge is 2.15. The molecule has 0 aliphatic rings. The number of ether oxygens (including phenoxy) is 1. The lowest BCUT2D eigenvalue weighted by Gasteiger charge is -2.09. The first kappa shape index (κ1) is 16.5. The Labute approximate surface area is 152 Å². The smallest absolute Gasteiger partial charge is 0.142 e. The van der Waals surface area contributed by atoms with E-state index >= 15 is 0 Å². The molecule has 0 atom stereocenters. The number of benzene rings is 1. The molecule has 3 aromatic rings. The molecule has 120 valence electrons. The van der Waals surface area contributed by atoms with Gasteiger partial charge in [0, 0.05) is 25.9 Å². The first-order valence-electron chi connectivity index (χ1n) is 7.30. The van der Waals surface area contributed by atoms with Gasteiger partial charge in [-0.1, -0.05) is 0 Å². The van der Waals surface area contributed by atoms with Gasteiger partial charge >= 0.3 is 0 Å². The van der Waals surface area contributed by atoms with E-state index in [-0.39, 0.29) is 5.82 Å². The van der Waals surface area contributed by atoms with Gasteiger partial charge in [0.1, 0.15) is 23.2 Å². The summed E-state index contributed by atoms with van der Waals surface area (Å²) < 4.78 is 6.44. The Kier molecular flexibility index (Phi) is 4.84. The predicted molar refractivity (Wildman–Crippen MR) is 101 cm³/mol. The lowest BCUT2D eigenvalue weighted by Crippen LogP contribution is -1.99. The summed E-state index contributed by atoms with van der Waals surface area (Å²) in [5.74, 6) is 1.05. The molecule has 2 heterocycles. The Morgan fingerprint density at radius 2 is 2.04 bits per heavy atom. The number of thiophene rings is 1. The van der Waals surface area contributed by atoms with E-state index in [0.29, 0.717) is 12.2 Å². The van der Waals surface area contributed by atoms with Crippen LogP contribution >= 0.6 is 27.3 Å². The molecular weight excluding hydrogens is 386 g/mol. The summed E-state index contributed by atoms with van der Waals surface area (Å²) in [7, 11) is 0. The average molecular weight is 400 g/mol. The van der Waals surface area contributed by atoms with Crippen molar-refractivity contribution in [3.8, 4) is 33.5 Å². The molecule has 0 aliphatic carbocycles. The standard InChI is InChI=1S/C18H14BrN3OS/c1-2-23-13-5-3-11(4-6-13)16-8-14(15(9-20)18(21)22-16)17-7-12(19)10-24-17/h3-8,10H,2H2,1H3,(H2,21,22). The molecule has 0 unspecified atom stereocenters. The van der Waals surface area contributed by atoms with Crippen LogP contribution in [0.25, 0.3) is 21.7 Å². The minimum Gasteiger partial charge on any atom is -0.494 e. The fourth-order valence-electron chi connectivity index (χ4n) is 2.37. The normalized spacial score (nSPS) is 10.4. The first-order chi connectivity index (χ1) is 11.6. The second kappa shape index (κ2) is 7.04. The zero-order chi connectivity index (χ0) is 17.1. The molecule has 0 saturated carbocycles. The SMILES string of the molecule is CCOc1ccc(-c2cc(-c3cc(Br)cs3)c(C#N)c(N)n2)cc1. The van der Waals surface area contributed by atoms with Crippen LogP contribution in [-0.4, -0.2) is 11.6 Å². The maximum Gasteiger partial charge on any atom is 0.142 e. The van der Waals surface area contributed by atoms with Gasteiger partial charge in [-0.15, -0.1) is 11.3 Å².